The predicted molar refractivity (Wildman–Crippen MR) is 69.4 cm³/mol. The molecule has 1 fully saturated rings. The Balaban J connectivity index is 2.06. The van der Waals surface area contributed by atoms with Gasteiger partial charge in [0.2, 0.25) is 0 Å². The van der Waals surface area contributed by atoms with Crippen molar-refractivity contribution in [3.8, 4) is 0 Å². The third kappa shape index (κ3) is 2.10. The summed E-state index contributed by atoms with van der Waals surface area (Å²) < 4.78 is 1.87. The molecule has 2 heterocycles. The monoisotopic (exact) mass is 260 g/mol. The zero-order valence-electron chi connectivity index (χ0n) is 10.5. The molecule has 19 heavy (non-hydrogen) atoms. The van der Waals surface area contributed by atoms with Crippen molar-refractivity contribution in [2.45, 2.75) is 37.7 Å². The maximum absolute atomic E-state index is 11.2. The van der Waals surface area contributed by atoms with Gasteiger partial charge in [-0.1, -0.05) is 6.07 Å². The lowest BCUT2D eigenvalue weighted by atomic mass is 9.87. The van der Waals surface area contributed by atoms with Crippen LogP contribution in [0.1, 0.15) is 47.9 Å². The Kier molecular flexibility index (Phi) is 2.98. The topological polar surface area (TPSA) is 74.8 Å². The number of imidazole rings is 1. The molecule has 0 saturated heterocycles. The van der Waals surface area contributed by atoms with E-state index in [-0.39, 0.29) is 17.7 Å². The SMILES string of the molecule is O=C(O)c1nc(C2CCC(O)CC2)n2ccccc12. The summed E-state index contributed by atoms with van der Waals surface area (Å²) in [6.07, 6.45) is 4.86. The van der Waals surface area contributed by atoms with E-state index >= 15 is 0 Å². The van der Waals surface area contributed by atoms with Crippen LogP contribution < -0.4 is 0 Å². The maximum atomic E-state index is 11.2. The van der Waals surface area contributed by atoms with Crippen molar-refractivity contribution < 1.29 is 15.0 Å². The van der Waals surface area contributed by atoms with Crippen LogP contribution in [0.25, 0.3) is 5.52 Å². The number of hydrogen-bond donors (Lipinski definition) is 2. The standard InChI is InChI=1S/C14H16N2O3/c17-10-6-4-9(5-7-10)13-15-12(14(18)19)11-3-1-2-8-16(11)13/h1-3,8-10,17H,4-7H2,(H,18,19). The van der Waals surface area contributed by atoms with Crippen molar-refractivity contribution in [1.29, 1.82) is 0 Å². The molecule has 2 aromatic heterocycles. The minimum absolute atomic E-state index is 0.113. The first-order chi connectivity index (χ1) is 9.16. The fourth-order valence-electron chi connectivity index (χ4n) is 2.84. The second-order valence-electron chi connectivity index (χ2n) is 5.09. The number of hydrogen-bond acceptors (Lipinski definition) is 3. The van der Waals surface area contributed by atoms with Crippen LogP contribution in [0.2, 0.25) is 0 Å². The number of rotatable bonds is 2. The van der Waals surface area contributed by atoms with Gasteiger partial charge < -0.3 is 14.6 Å². The van der Waals surface area contributed by atoms with Crippen LogP contribution in [-0.2, 0) is 0 Å². The number of aromatic carboxylic acids is 1. The van der Waals surface area contributed by atoms with Crippen LogP contribution in [0.15, 0.2) is 24.4 Å². The van der Waals surface area contributed by atoms with Gasteiger partial charge in [0, 0.05) is 12.1 Å². The molecule has 0 bridgehead atoms. The number of carbonyl (C=O) groups is 1. The molecule has 1 aliphatic carbocycles. The number of fused-ring (bicyclic) bond motifs is 1. The molecular formula is C14H16N2O3. The molecule has 5 nitrogen and oxygen atoms in total. The van der Waals surface area contributed by atoms with Gasteiger partial charge in [-0.3, -0.25) is 0 Å². The number of pyridine rings is 1. The first-order valence-electron chi connectivity index (χ1n) is 6.55. The van der Waals surface area contributed by atoms with Crippen molar-refractivity contribution >= 4 is 11.5 Å². The summed E-state index contributed by atoms with van der Waals surface area (Å²) >= 11 is 0. The number of aliphatic hydroxyl groups excluding tert-OH is 1. The Bertz CT molecular complexity index is 612. The lowest BCUT2D eigenvalue weighted by Crippen LogP contribution is -2.18. The highest BCUT2D eigenvalue weighted by Crippen LogP contribution is 2.33. The van der Waals surface area contributed by atoms with E-state index in [1.54, 1.807) is 6.07 Å². The average molecular weight is 260 g/mol. The fraction of sp³-hybridized carbons (Fsp3) is 0.429. The van der Waals surface area contributed by atoms with E-state index in [0.717, 1.165) is 31.5 Å². The van der Waals surface area contributed by atoms with Crippen LogP contribution in [-0.4, -0.2) is 31.7 Å². The molecule has 0 aromatic carbocycles. The Labute approximate surface area is 110 Å². The molecule has 2 N–H and O–H groups in total. The highest BCUT2D eigenvalue weighted by Gasteiger charge is 2.26. The molecule has 5 heteroatoms. The average Bonchev–Trinajstić information content (AvgIpc) is 2.79. The minimum Gasteiger partial charge on any atom is -0.476 e. The third-order valence-corrected chi connectivity index (χ3v) is 3.84. The summed E-state index contributed by atoms with van der Waals surface area (Å²) in [4.78, 5) is 15.6. The van der Waals surface area contributed by atoms with Gasteiger partial charge in [-0.15, -0.1) is 0 Å². The normalized spacial score (nSPS) is 23.6. The zero-order valence-corrected chi connectivity index (χ0v) is 10.5. The summed E-state index contributed by atoms with van der Waals surface area (Å²) in [5.41, 5.74) is 0.748. The lowest BCUT2D eigenvalue weighted by Gasteiger charge is -2.24. The molecule has 0 unspecified atom stereocenters. The smallest absolute Gasteiger partial charge is 0.356 e. The summed E-state index contributed by atoms with van der Waals surface area (Å²) in [5.74, 6) is 0.0390. The second-order valence-corrected chi connectivity index (χ2v) is 5.09. The molecular weight excluding hydrogens is 244 g/mol. The molecule has 3 rings (SSSR count). The molecule has 0 radical (unpaired) electrons. The van der Waals surface area contributed by atoms with Gasteiger partial charge in [-0.05, 0) is 37.8 Å². The number of aliphatic hydroxyl groups is 1. The van der Waals surface area contributed by atoms with Crippen molar-refractivity contribution in [3.63, 3.8) is 0 Å². The Hall–Kier alpha value is -1.88. The van der Waals surface area contributed by atoms with Gasteiger partial charge in [-0.25, -0.2) is 9.78 Å². The number of carboxylic acids is 1. The van der Waals surface area contributed by atoms with E-state index in [0.29, 0.717) is 5.52 Å². The first kappa shape index (κ1) is 12.2. The van der Waals surface area contributed by atoms with Gasteiger partial charge in [0.25, 0.3) is 0 Å². The van der Waals surface area contributed by atoms with Crippen molar-refractivity contribution in [1.82, 2.24) is 9.38 Å². The summed E-state index contributed by atoms with van der Waals surface area (Å²) in [6, 6.07) is 5.47. The molecule has 1 saturated carbocycles. The molecule has 0 atom stereocenters. The van der Waals surface area contributed by atoms with Crippen molar-refractivity contribution in [3.05, 3.63) is 35.9 Å². The predicted octanol–water partition coefficient (Wildman–Crippen LogP) is 2.05. The Morgan fingerprint density at radius 3 is 2.68 bits per heavy atom. The first-order valence-corrected chi connectivity index (χ1v) is 6.55. The van der Waals surface area contributed by atoms with Gasteiger partial charge in [-0.2, -0.15) is 0 Å². The molecule has 100 valence electrons. The van der Waals surface area contributed by atoms with E-state index < -0.39 is 5.97 Å². The summed E-state index contributed by atoms with van der Waals surface area (Å²) in [5, 5.41) is 18.8. The van der Waals surface area contributed by atoms with Crippen LogP contribution in [0, 0.1) is 0 Å². The number of nitrogens with zero attached hydrogens (tertiary/aromatic N) is 2. The number of carboxylic acid groups (broad SMARTS) is 1. The molecule has 1 aliphatic rings. The maximum Gasteiger partial charge on any atom is 0.356 e. The van der Waals surface area contributed by atoms with Gasteiger partial charge in [0.1, 0.15) is 5.82 Å². The number of aromatic nitrogens is 2. The molecule has 0 amide bonds. The van der Waals surface area contributed by atoms with E-state index in [1.807, 2.05) is 22.7 Å². The van der Waals surface area contributed by atoms with E-state index in [9.17, 15) is 15.0 Å². The van der Waals surface area contributed by atoms with Gasteiger partial charge in [0.15, 0.2) is 5.69 Å². The Morgan fingerprint density at radius 2 is 2.00 bits per heavy atom. The van der Waals surface area contributed by atoms with Gasteiger partial charge >= 0.3 is 5.97 Å². The fourth-order valence-corrected chi connectivity index (χ4v) is 2.84. The third-order valence-electron chi connectivity index (χ3n) is 3.84. The molecule has 2 aromatic rings. The Morgan fingerprint density at radius 1 is 1.26 bits per heavy atom. The van der Waals surface area contributed by atoms with Crippen LogP contribution in [0.4, 0.5) is 0 Å². The quantitative estimate of drug-likeness (QED) is 0.866. The van der Waals surface area contributed by atoms with E-state index in [1.165, 1.54) is 0 Å². The lowest BCUT2D eigenvalue weighted by molar-refractivity contribution is 0.0692. The van der Waals surface area contributed by atoms with Gasteiger partial charge in [0.05, 0.1) is 11.6 Å². The molecule has 0 aliphatic heterocycles. The van der Waals surface area contributed by atoms with Crippen LogP contribution in [0.5, 0.6) is 0 Å². The van der Waals surface area contributed by atoms with Crippen molar-refractivity contribution in [2.24, 2.45) is 0 Å². The van der Waals surface area contributed by atoms with E-state index in [4.69, 9.17) is 0 Å². The van der Waals surface area contributed by atoms with E-state index in [2.05, 4.69) is 4.98 Å². The highest BCUT2D eigenvalue weighted by atomic mass is 16.4. The van der Waals surface area contributed by atoms with Crippen LogP contribution >= 0.6 is 0 Å². The highest BCUT2D eigenvalue weighted by molar-refractivity contribution is 5.93. The largest absolute Gasteiger partial charge is 0.476 e. The molecule has 0 spiro atoms. The summed E-state index contributed by atoms with van der Waals surface area (Å²) in [6.45, 7) is 0. The zero-order chi connectivity index (χ0) is 13.4. The van der Waals surface area contributed by atoms with Crippen LogP contribution in [0.3, 0.4) is 0 Å². The second kappa shape index (κ2) is 4.66. The van der Waals surface area contributed by atoms with Crippen molar-refractivity contribution in [2.75, 3.05) is 0 Å². The minimum atomic E-state index is -0.995. The summed E-state index contributed by atoms with van der Waals surface area (Å²) in [7, 11) is 0.